The SMILES string of the molecule is CC(Oc1ccccc1Cl)C(=O)N[C@H]1CC[C@@H](C(=O)O)C1. The largest absolute Gasteiger partial charge is 0.481 e. The van der Waals surface area contributed by atoms with E-state index in [2.05, 4.69) is 5.32 Å². The molecule has 0 saturated heterocycles. The fourth-order valence-corrected chi connectivity index (χ4v) is 2.62. The minimum atomic E-state index is -0.799. The van der Waals surface area contributed by atoms with E-state index in [1.165, 1.54) is 0 Å². The van der Waals surface area contributed by atoms with Crippen LogP contribution in [0.25, 0.3) is 0 Å². The van der Waals surface area contributed by atoms with Gasteiger partial charge in [0.25, 0.3) is 5.91 Å². The van der Waals surface area contributed by atoms with E-state index in [9.17, 15) is 9.59 Å². The van der Waals surface area contributed by atoms with E-state index in [-0.39, 0.29) is 17.9 Å². The number of carboxylic acids is 1. The summed E-state index contributed by atoms with van der Waals surface area (Å²) < 4.78 is 5.53. The highest BCUT2D eigenvalue weighted by atomic mass is 35.5. The Hall–Kier alpha value is -1.75. The zero-order valence-corrected chi connectivity index (χ0v) is 12.5. The number of nitrogens with one attached hydrogen (secondary N) is 1. The van der Waals surface area contributed by atoms with Crippen LogP contribution in [-0.4, -0.2) is 29.1 Å². The summed E-state index contributed by atoms with van der Waals surface area (Å²) in [6.07, 6.45) is 1.07. The fraction of sp³-hybridized carbons (Fsp3) is 0.467. The maximum absolute atomic E-state index is 12.1. The molecule has 0 bridgehead atoms. The number of carbonyl (C=O) groups is 2. The van der Waals surface area contributed by atoms with Gasteiger partial charge in [-0.1, -0.05) is 23.7 Å². The molecule has 1 unspecified atom stereocenters. The maximum atomic E-state index is 12.1. The van der Waals surface area contributed by atoms with Crippen molar-refractivity contribution < 1.29 is 19.4 Å². The van der Waals surface area contributed by atoms with Crippen LogP contribution in [0, 0.1) is 5.92 Å². The van der Waals surface area contributed by atoms with Crippen molar-refractivity contribution in [2.45, 2.75) is 38.3 Å². The van der Waals surface area contributed by atoms with Crippen molar-refractivity contribution in [3.63, 3.8) is 0 Å². The van der Waals surface area contributed by atoms with Gasteiger partial charge in [-0.3, -0.25) is 9.59 Å². The Balaban J connectivity index is 1.86. The second-order valence-corrected chi connectivity index (χ2v) is 5.65. The first kappa shape index (κ1) is 15.6. The molecule has 1 aromatic rings. The topological polar surface area (TPSA) is 75.6 Å². The molecule has 0 aromatic heterocycles. The second kappa shape index (κ2) is 6.80. The van der Waals surface area contributed by atoms with Gasteiger partial charge in [0, 0.05) is 6.04 Å². The number of carboxylic acid groups (broad SMARTS) is 1. The van der Waals surface area contributed by atoms with Crippen molar-refractivity contribution in [2.75, 3.05) is 0 Å². The van der Waals surface area contributed by atoms with Crippen LogP contribution in [0.1, 0.15) is 26.2 Å². The quantitative estimate of drug-likeness (QED) is 0.876. The molecule has 0 spiro atoms. The van der Waals surface area contributed by atoms with Crippen LogP contribution in [0.15, 0.2) is 24.3 Å². The molecule has 0 aliphatic heterocycles. The van der Waals surface area contributed by atoms with E-state index in [1.807, 2.05) is 0 Å². The lowest BCUT2D eigenvalue weighted by Gasteiger charge is -2.18. The average Bonchev–Trinajstić information content (AvgIpc) is 2.90. The van der Waals surface area contributed by atoms with Crippen LogP contribution in [0.3, 0.4) is 0 Å². The molecule has 1 aliphatic rings. The van der Waals surface area contributed by atoms with Crippen molar-refractivity contribution >= 4 is 23.5 Å². The van der Waals surface area contributed by atoms with Crippen LogP contribution in [-0.2, 0) is 9.59 Å². The molecule has 5 nitrogen and oxygen atoms in total. The first-order chi connectivity index (χ1) is 9.97. The molecule has 1 fully saturated rings. The number of benzene rings is 1. The number of carbonyl (C=O) groups excluding carboxylic acids is 1. The number of rotatable bonds is 5. The summed E-state index contributed by atoms with van der Waals surface area (Å²) in [5, 5.41) is 12.2. The summed E-state index contributed by atoms with van der Waals surface area (Å²) in [7, 11) is 0. The molecule has 114 valence electrons. The van der Waals surface area contributed by atoms with E-state index in [1.54, 1.807) is 31.2 Å². The van der Waals surface area contributed by atoms with E-state index >= 15 is 0 Å². The third-order valence-corrected chi connectivity index (χ3v) is 3.95. The summed E-state index contributed by atoms with van der Waals surface area (Å²) in [5.41, 5.74) is 0. The van der Waals surface area contributed by atoms with Crippen molar-refractivity contribution in [3.05, 3.63) is 29.3 Å². The summed E-state index contributed by atoms with van der Waals surface area (Å²) >= 11 is 5.98. The third-order valence-electron chi connectivity index (χ3n) is 3.64. The Morgan fingerprint density at radius 2 is 2.10 bits per heavy atom. The molecule has 1 aromatic carbocycles. The zero-order chi connectivity index (χ0) is 15.4. The molecule has 21 heavy (non-hydrogen) atoms. The first-order valence-electron chi connectivity index (χ1n) is 6.91. The summed E-state index contributed by atoms with van der Waals surface area (Å²) in [5.74, 6) is -0.968. The minimum Gasteiger partial charge on any atom is -0.481 e. The summed E-state index contributed by atoms with van der Waals surface area (Å²) in [6.45, 7) is 1.64. The van der Waals surface area contributed by atoms with Crippen LogP contribution in [0.4, 0.5) is 0 Å². The molecule has 2 N–H and O–H groups in total. The normalized spacial score (nSPS) is 22.6. The van der Waals surface area contributed by atoms with Crippen molar-refractivity contribution in [1.82, 2.24) is 5.32 Å². The van der Waals surface area contributed by atoms with Gasteiger partial charge in [0.2, 0.25) is 0 Å². The molecular formula is C15H18ClNO4. The Morgan fingerprint density at radius 1 is 1.38 bits per heavy atom. The highest BCUT2D eigenvalue weighted by molar-refractivity contribution is 6.32. The average molecular weight is 312 g/mol. The molecule has 6 heteroatoms. The standard InChI is InChI=1S/C15H18ClNO4/c1-9(21-13-5-3-2-4-12(13)16)14(18)17-11-7-6-10(8-11)15(19)20/h2-5,9-11H,6-8H2,1H3,(H,17,18)(H,19,20)/t9?,10-,11+/m1/s1. The first-order valence-corrected chi connectivity index (χ1v) is 7.29. The van der Waals surface area contributed by atoms with E-state index in [0.29, 0.717) is 30.0 Å². The summed E-state index contributed by atoms with van der Waals surface area (Å²) in [6, 6.07) is 6.85. The predicted octanol–water partition coefficient (Wildman–Crippen LogP) is 2.48. The molecule has 0 radical (unpaired) electrons. The smallest absolute Gasteiger partial charge is 0.306 e. The van der Waals surface area contributed by atoms with Crippen LogP contribution < -0.4 is 10.1 Å². The lowest BCUT2D eigenvalue weighted by Crippen LogP contribution is -2.41. The zero-order valence-electron chi connectivity index (χ0n) is 11.7. The third kappa shape index (κ3) is 4.11. The van der Waals surface area contributed by atoms with Crippen LogP contribution in [0.2, 0.25) is 5.02 Å². The monoisotopic (exact) mass is 311 g/mol. The van der Waals surface area contributed by atoms with Gasteiger partial charge in [0.1, 0.15) is 5.75 Å². The number of hydrogen-bond donors (Lipinski definition) is 2. The van der Waals surface area contributed by atoms with E-state index in [0.717, 1.165) is 0 Å². The van der Waals surface area contributed by atoms with Gasteiger partial charge >= 0.3 is 5.97 Å². The summed E-state index contributed by atoms with van der Waals surface area (Å²) in [4.78, 5) is 23.0. The van der Waals surface area contributed by atoms with Gasteiger partial charge in [0.05, 0.1) is 10.9 Å². The lowest BCUT2D eigenvalue weighted by atomic mass is 10.1. The fourth-order valence-electron chi connectivity index (χ4n) is 2.44. The maximum Gasteiger partial charge on any atom is 0.306 e. The Morgan fingerprint density at radius 3 is 2.71 bits per heavy atom. The number of amides is 1. The van der Waals surface area contributed by atoms with Gasteiger partial charge in [0.15, 0.2) is 6.10 Å². The van der Waals surface area contributed by atoms with Crippen LogP contribution in [0.5, 0.6) is 5.75 Å². The molecule has 1 aliphatic carbocycles. The van der Waals surface area contributed by atoms with Crippen LogP contribution >= 0.6 is 11.6 Å². The van der Waals surface area contributed by atoms with E-state index in [4.69, 9.17) is 21.4 Å². The number of halogens is 1. The number of aliphatic carboxylic acids is 1. The predicted molar refractivity (Wildman–Crippen MR) is 78.4 cm³/mol. The second-order valence-electron chi connectivity index (χ2n) is 5.24. The van der Waals surface area contributed by atoms with E-state index < -0.39 is 12.1 Å². The van der Waals surface area contributed by atoms with Gasteiger partial charge in [-0.15, -0.1) is 0 Å². The Labute approximate surface area is 128 Å². The van der Waals surface area contributed by atoms with Crippen molar-refractivity contribution in [3.8, 4) is 5.75 Å². The van der Waals surface area contributed by atoms with Gasteiger partial charge in [-0.2, -0.15) is 0 Å². The molecule has 2 rings (SSSR count). The number of para-hydroxylation sites is 1. The Bertz CT molecular complexity index is 534. The van der Waals surface area contributed by atoms with Crippen molar-refractivity contribution in [1.29, 1.82) is 0 Å². The minimum absolute atomic E-state index is 0.101. The highest BCUT2D eigenvalue weighted by Gasteiger charge is 2.31. The molecule has 1 amide bonds. The number of ether oxygens (including phenoxy) is 1. The van der Waals surface area contributed by atoms with Gasteiger partial charge in [-0.05, 0) is 38.3 Å². The van der Waals surface area contributed by atoms with Crippen molar-refractivity contribution in [2.24, 2.45) is 5.92 Å². The Kier molecular flexibility index (Phi) is 5.07. The highest BCUT2D eigenvalue weighted by Crippen LogP contribution is 2.26. The molecule has 3 atom stereocenters. The van der Waals surface area contributed by atoms with Gasteiger partial charge < -0.3 is 15.2 Å². The van der Waals surface area contributed by atoms with Gasteiger partial charge in [-0.25, -0.2) is 0 Å². The number of hydrogen-bond acceptors (Lipinski definition) is 3. The molecular weight excluding hydrogens is 294 g/mol. The molecule has 1 saturated carbocycles. The lowest BCUT2D eigenvalue weighted by molar-refractivity contribution is -0.141. The molecule has 0 heterocycles.